The number of benzene rings is 1. The van der Waals surface area contributed by atoms with Crippen LogP contribution in [0.5, 0.6) is 11.5 Å². The van der Waals surface area contributed by atoms with E-state index in [0.29, 0.717) is 17.0 Å². The predicted octanol–water partition coefficient (Wildman–Crippen LogP) is 1.92. The van der Waals surface area contributed by atoms with Gasteiger partial charge in [-0.15, -0.1) is 0 Å². The van der Waals surface area contributed by atoms with E-state index in [9.17, 15) is 4.79 Å². The molecule has 0 radical (unpaired) electrons. The van der Waals surface area contributed by atoms with E-state index in [1.165, 1.54) is 14.0 Å². The smallest absolute Gasteiger partial charge is 0.493 e. The molecule has 1 heterocycles. The molecule has 0 aromatic heterocycles. The molecular weight excluding hydrogens is 271 g/mol. The van der Waals surface area contributed by atoms with Crippen LogP contribution in [0.15, 0.2) is 18.2 Å². The molecule has 1 aliphatic heterocycles. The minimum Gasteiger partial charge on any atom is -0.493 e. The monoisotopic (exact) mass is 292 g/mol. The first-order chi connectivity index (χ1) is 9.68. The van der Waals surface area contributed by atoms with Gasteiger partial charge >= 0.3 is 13.1 Å². The first-order valence-corrected chi connectivity index (χ1v) is 6.89. The van der Waals surface area contributed by atoms with Crippen molar-refractivity contribution in [2.24, 2.45) is 0 Å². The fourth-order valence-corrected chi connectivity index (χ4v) is 2.10. The van der Waals surface area contributed by atoms with Crippen LogP contribution in [-0.2, 0) is 14.1 Å². The molecule has 0 saturated carbocycles. The lowest BCUT2D eigenvalue weighted by Crippen LogP contribution is -2.41. The van der Waals surface area contributed by atoms with Crippen molar-refractivity contribution in [3.05, 3.63) is 18.2 Å². The first-order valence-electron chi connectivity index (χ1n) is 6.89. The number of rotatable bonds is 3. The number of carbonyl (C=O) groups is 1. The molecule has 1 saturated heterocycles. The van der Waals surface area contributed by atoms with E-state index in [1.54, 1.807) is 6.07 Å². The van der Waals surface area contributed by atoms with Gasteiger partial charge in [-0.05, 0) is 33.8 Å². The molecule has 21 heavy (non-hydrogen) atoms. The van der Waals surface area contributed by atoms with Gasteiger partial charge in [0.25, 0.3) is 0 Å². The summed E-state index contributed by atoms with van der Waals surface area (Å²) in [5, 5.41) is 0. The van der Waals surface area contributed by atoms with Crippen molar-refractivity contribution < 1.29 is 23.6 Å². The SMILES string of the molecule is COc1cccc(B2OC(C)(C)C(C)(C)O2)c1OC(C)=O. The highest BCUT2D eigenvalue weighted by molar-refractivity contribution is 6.63. The normalized spacial score (nSPS) is 19.4. The second-order valence-corrected chi connectivity index (χ2v) is 6.06. The summed E-state index contributed by atoms with van der Waals surface area (Å²) in [6, 6.07) is 5.35. The van der Waals surface area contributed by atoms with Gasteiger partial charge in [0.2, 0.25) is 0 Å². The van der Waals surface area contributed by atoms with Crippen LogP contribution in [0.4, 0.5) is 0 Å². The van der Waals surface area contributed by atoms with Crippen molar-refractivity contribution in [2.45, 2.75) is 45.8 Å². The number of para-hydroxylation sites is 1. The van der Waals surface area contributed by atoms with Gasteiger partial charge in [-0.1, -0.05) is 12.1 Å². The van der Waals surface area contributed by atoms with Gasteiger partial charge in [0.1, 0.15) is 0 Å². The third-order valence-corrected chi connectivity index (χ3v) is 3.98. The maximum atomic E-state index is 11.3. The van der Waals surface area contributed by atoms with Crippen LogP contribution in [0, 0.1) is 0 Å². The highest BCUT2D eigenvalue weighted by Crippen LogP contribution is 2.38. The fraction of sp³-hybridized carbons (Fsp3) is 0.533. The van der Waals surface area contributed by atoms with Crippen molar-refractivity contribution >= 4 is 18.6 Å². The topological polar surface area (TPSA) is 54.0 Å². The van der Waals surface area contributed by atoms with E-state index in [-0.39, 0.29) is 0 Å². The molecular formula is C15H21BO5. The molecule has 6 heteroatoms. The van der Waals surface area contributed by atoms with E-state index in [1.807, 2.05) is 39.8 Å². The molecule has 0 bridgehead atoms. The van der Waals surface area contributed by atoms with Crippen molar-refractivity contribution in [1.82, 2.24) is 0 Å². The number of methoxy groups -OCH3 is 1. The quantitative estimate of drug-likeness (QED) is 0.484. The lowest BCUT2D eigenvalue weighted by Gasteiger charge is -2.32. The zero-order chi connectivity index (χ0) is 15.8. The third kappa shape index (κ3) is 2.92. The van der Waals surface area contributed by atoms with Gasteiger partial charge in [-0.3, -0.25) is 4.79 Å². The molecule has 0 amide bonds. The highest BCUT2D eigenvalue weighted by atomic mass is 16.7. The van der Waals surface area contributed by atoms with Gasteiger partial charge in [0.05, 0.1) is 18.3 Å². The van der Waals surface area contributed by atoms with Gasteiger partial charge in [0.15, 0.2) is 11.5 Å². The first kappa shape index (κ1) is 15.9. The van der Waals surface area contributed by atoms with Crippen molar-refractivity contribution in [3.8, 4) is 11.5 Å². The molecule has 0 spiro atoms. The number of hydrogen-bond donors (Lipinski definition) is 0. The Morgan fingerprint density at radius 3 is 2.19 bits per heavy atom. The van der Waals surface area contributed by atoms with E-state index in [0.717, 1.165) is 0 Å². The molecule has 1 aromatic rings. The minimum atomic E-state index is -0.612. The molecule has 0 aliphatic carbocycles. The van der Waals surface area contributed by atoms with Crippen LogP contribution in [0.1, 0.15) is 34.6 Å². The number of ether oxygens (including phenoxy) is 2. The largest absolute Gasteiger partial charge is 0.498 e. The Bertz CT molecular complexity index is 537. The lowest BCUT2D eigenvalue weighted by molar-refractivity contribution is -0.131. The Morgan fingerprint density at radius 2 is 1.71 bits per heavy atom. The molecule has 114 valence electrons. The fourth-order valence-electron chi connectivity index (χ4n) is 2.10. The molecule has 0 atom stereocenters. The standard InChI is InChI=1S/C15H21BO5/c1-10(17)19-13-11(8-7-9-12(13)18-6)16-20-14(2,3)15(4,5)21-16/h7-9H,1-6H3. The van der Waals surface area contributed by atoms with Crippen LogP contribution >= 0.6 is 0 Å². The van der Waals surface area contributed by atoms with Gasteiger partial charge < -0.3 is 18.8 Å². The summed E-state index contributed by atoms with van der Waals surface area (Å²) >= 11 is 0. The van der Waals surface area contributed by atoms with Crippen molar-refractivity contribution in [1.29, 1.82) is 0 Å². The number of hydrogen-bond acceptors (Lipinski definition) is 5. The average Bonchev–Trinajstić information content (AvgIpc) is 2.58. The zero-order valence-corrected chi connectivity index (χ0v) is 13.4. The summed E-state index contributed by atoms with van der Waals surface area (Å²) in [5.74, 6) is 0.390. The molecule has 1 fully saturated rings. The maximum Gasteiger partial charge on any atom is 0.498 e. The third-order valence-electron chi connectivity index (χ3n) is 3.98. The lowest BCUT2D eigenvalue weighted by atomic mass is 9.78. The predicted molar refractivity (Wildman–Crippen MR) is 80.0 cm³/mol. The van der Waals surface area contributed by atoms with Gasteiger partial charge in [-0.2, -0.15) is 0 Å². The Morgan fingerprint density at radius 1 is 1.14 bits per heavy atom. The number of carbonyl (C=O) groups excluding carboxylic acids is 1. The number of esters is 1. The molecule has 1 aliphatic rings. The summed E-state index contributed by atoms with van der Waals surface area (Å²) in [5.41, 5.74) is -0.286. The van der Waals surface area contributed by atoms with Gasteiger partial charge in [0, 0.05) is 12.4 Å². The summed E-state index contributed by atoms with van der Waals surface area (Å²) in [6.45, 7) is 9.23. The summed E-state index contributed by atoms with van der Waals surface area (Å²) in [6.07, 6.45) is 0. The molecule has 5 nitrogen and oxygen atoms in total. The Labute approximate surface area is 125 Å². The van der Waals surface area contributed by atoms with Crippen molar-refractivity contribution in [3.63, 3.8) is 0 Å². The minimum absolute atomic E-state index is 0.339. The second kappa shape index (κ2) is 5.35. The summed E-state index contributed by atoms with van der Waals surface area (Å²) in [4.78, 5) is 11.3. The van der Waals surface area contributed by atoms with E-state index in [4.69, 9.17) is 18.8 Å². The van der Waals surface area contributed by atoms with Crippen LogP contribution in [0.3, 0.4) is 0 Å². The zero-order valence-electron chi connectivity index (χ0n) is 13.4. The second-order valence-electron chi connectivity index (χ2n) is 6.06. The Kier molecular flexibility index (Phi) is 4.04. The molecule has 0 unspecified atom stereocenters. The Balaban J connectivity index is 2.43. The van der Waals surface area contributed by atoms with Crippen LogP contribution in [-0.4, -0.2) is 31.4 Å². The average molecular weight is 292 g/mol. The van der Waals surface area contributed by atoms with Crippen LogP contribution in [0.2, 0.25) is 0 Å². The molecule has 1 aromatic carbocycles. The summed E-state index contributed by atoms with van der Waals surface area (Å²) < 4.78 is 22.6. The van der Waals surface area contributed by atoms with Crippen LogP contribution in [0.25, 0.3) is 0 Å². The van der Waals surface area contributed by atoms with Crippen molar-refractivity contribution in [2.75, 3.05) is 7.11 Å². The van der Waals surface area contributed by atoms with E-state index < -0.39 is 24.3 Å². The van der Waals surface area contributed by atoms with E-state index >= 15 is 0 Å². The maximum absolute atomic E-state index is 11.3. The highest BCUT2D eigenvalue weighted by Gasteiger charge is 2.52. The van der Waals surface area contributed by atoms with Crippen LogP contribution < -0.4 is 14.9 Å². The molecule has 2 rings (SSSR count). The summed E-state index contributed by atoms with van der Waals surface area (Å²) in [7, 11) is 0.913. The van der Waals surface area contributed by atoms with Gasteiger partial charge in [-0.25, -0.2) is 0 Å². The Hall–Kier alpha value is -1.53. The van der Waals surface area contributed by atoms with E-state index in [2.05, 4.69) is 0 Å². The molecule has 0 N–H and O–H groups in total.